The molecular formula is C6H11NO. The molecule has 0 bridgehead atoms. The average Bonchev–Trinajstić information content (AvgIpc) is 1.83. The van der Waals surface area contributed by atoms with Crippen LogP contribution in [0.25, 0.3) is 0 Å². The molecule has 0 N–H and O–H groups in total. The quantitative estimate of drug-likeness (QED) is 0.402. The number of hydrogen-bond acceptors (Lipinski definition) is 2. The van der Waals surface area contributed by atoms with Crippen LogP contribution in [0.2, 0.25) is 0 Å². The van der Waals surface area contributed by atoms with Crippen molar-refractivity contribution in [3.63, 3.8) is 0 Å². The lowest BCUT2D eigenvalue weighted by Gasteiger charge is -2.07. The number of allylic oxidation sites excluding steroid dienone is 2. The molecule has 0 aliphatic rings. The van der Waals surface area contributed by atoms with Gasteiger partial charge in [-0.15, -0.1) is 0 Å². The van der Waals surface area contributed by atoms with Crippen LogP contribution in [0.15, 0.2) is 24.9 Å². The van der Waals surface area contributed by atoms with Gasteiger partial charge in [-0.25, -0.2) is 0 Å². The first-order chi connectivity index (χ1) is 3.81. The van der Waals surface area contributed by atoms with Gasteiger partial charge >= 0.3 is 0 Å². The average molecular weight is 113 g/mol. The van der Waals surface area contributed by atoms with Crippen LogP contribution < -0.4 is 0 Å². The van der Waals surface area contributed by atoms with E-state index < -0.39 is 0 Å². The van der Waals surface area contributed by atoms with Gasteiger partial charge in [0, 0.05) is 13.2 Å². The van der Waals surface area contributed by atoms with Crippen molar-refractivity contribution in [3.8, 4) is 0 Å². The van der Waals surface area contributed by atoms with E-state index in [1.807, 2.05) is 0 Å². The summed E-state index contributed by atoms with van der Waals surface area (Å²) in [5.41, 5.74) is 0. The predicted octanol–water partition coefficient (Wildman–Crippen LogP) is 1.18. The summed E-state index contributed by atoms with van der Waals surface area (Å²) in [7, 11) is 3.41. The van der Waals surface area contributed by atoms with Gasteiger partial charge in [-0.2, -0.15) is 0 Å². The Morgan fingerprint density at radius 2 is 2.25 bits per heavy atom. The van der Waals surface area contributed by atoms with E-state index in [9.17, 15) is 0 Å². The summed E-state index contributed by atoms with van der Waals surface area (Å²) in [5, 5.41) is 1.58. The lowest BCUT2D eigenvalue weighted by atomic mass is 10.6. The Morgan fingerprint density at radius 1 is 1.62 bits per heavy atom. The van der Waals surface area contributed by atoms with Gasteiger partial charge in [0.05, 0.1) is 7.11 Å². The molecule has 0 atom stereocenters. The third-order valence-electron chi connectivity index (χ3n) is 0.720. The maximum absolute atomic E-state index is 4.75. The Labute approximate surface area is 50.0 Å². The van der Waals surface area contributed by atoms with E-state index in [-0.39, 0.29) is 0 Å². The molecule has 0 fully saturated rings. The number of nitrogens with zero attached hydrogens (tertiary/aromatic N) is 1. The maximum Gasteiger partial charge on any atom is 0.0638 e. The van der Waals surface area contributed by atoms with Gasteiger partial charge in [0.15, 0.2) is 0 Å². The molecule has 2 nitrogen and oxygen atoms in total. The first-order valence-electron chi connectivity index (χ1n) is 2.37. The molecule has 0 aromatic carbocycles. The standard InChI is InChI=1S/C6H11NO/c1-4-5-6-7(2)8-3/h4-6H,1H2,2-3H3/b6-5-. The fourth-order valence-electron chi connectivity index (χ4n) is 0.243. The largest absolute Gasteiger partial charge is 0.278 e. The van der Waals surface area contributed by atoms with Crippen molar-refractivity contribution in [2.45, 2.75) is 0 Å². The molecule has 0 aliphatic carbocycles. The van der Waals surface area contributed by atoms with E-state index in [4.69, 9.17) is 4.84 Å². The molecule has 0 saturated carbocycles. The van der Waals surface area contributed by atoms with Crippen LogP contribution in [0.1, 0.15) is 0 Å². The number of hydroxylamine groups is 2. The molecule has 2 heteroatoms. The van der Waals surface area contributed by atoms with Crippen LogP contribution in [0, 0.1) is 0 Å². The predicted molar refractivity (Wildman–Crippen MR) is 34.1 cm³/mol. The van der Waals surface area contributed by atoms with Gasteiger partial charge in [-0.1, -0.05) is 12.7 Å². The second-order valence-electron chi connectivity index (χ2n) is 1.31. The van der Waals surface area contributed by atoms with Crippen molar-refractivity contribution in [1.82, 2.24) is 5.06 Å². The lowest BCUT2D eigenvalue weighted by molar-refractivity contribution is -0.0644. The van der Waals surface area contributed by atoms with Crippen molar-refractivity contribution in [3.05, 3.63) is 24.9 Å². The highest BCUT2D eigenvalue weighted by Gasteiger charge is 1.77. The zero-order valence-corrected chi connectivity index (χ0v) is 5.29. The first kappa shape index (κ1) is 7.24. The molecule has 0 saturated heterocycles. The van der Waals surface area contributed by atoms with E-state index in [0.29, 0.717) is 0 Å². The van der Waals surface area contributed by atoms with Crippen LogP contribution in [-0.2, 0) is 4.84 Å². The van der Waals surface area contributed by atoms with Crippen molar-refractivity contribution in [2.75, 3.05) is 14.2 Å². The summed E-state index contributed by atoms with van der Waals surface area (Å²) >= 11 is 0. The van der Waals surface area contributed by atoms with Gasteiger partial charge in [-0.05, 0) is 6.08 Å². The van der Waals surface area contributed by atoms with E-state index >= 15 is 0 Å². The minimum absolute atomic E-state index is 1.58. The Hall–Kier alpha value is -0.760. The van der Waals surface area contributed by atoms with Crippen LogP contribution >= 0.6 is 0 Å². The summed E-state index contributed by atoms with van der Waals surface area (Å²) in [5.74, 6) is 0. The summed E-state index contributed by atoms with van der Waals surface area (Å²) in [6.45, 7) is 3.50. The Kier molecular flexibility index (Phi) is 3.98. The second kappa shape index (κ2) is 4.40. The normalized spacial score (nSPS) is 9.75. The fraction of sp³-hybridized carbons (Fsp3) is 0.333. The minimum Gasteiger partial charge on any atom is -0.278 e. The highest BCUT2D eigenvalue weighted by molar-refractivity contribution is 4.94. The summed E-state index contributed by atoms with van der Waals surface area (Å²) in [6, 6.07) is 0. The molecule has 0 aliphatic heterocycles. The van der Waals surface area contributed by atoms with E-state index in [1.165, 1.54) is 0 Å². The molecule has 0 heterocycles. The molecular weight excluding hydrogens is 102 g/mol. The Morgan fingerprint density at radius 3 is 2.62 bits per heavy atom. The SMILES string of the molecule is C=C/C=C\N(C)OC. The van der Waals surface area contributed by atoms with Crippen molar-refractivity contribution in [1.29, 1.82) is 0 Å². The molecule has 0 aromatic rings. The van der Waals surface area contributed by atoms with Crippen molar-refractivity contribution >= 4 is 0 Å². The third-order valence-corrected chi connectivity index (χ3v) is 0.720. The van der Waals surface area contributed by atoms with Crippen molar-refractivity contribution < 1.29 is 4.84 Å². The Bertz CT molecular complexity index is 88.5. The molecule has 8 heavy (non-hydrogen) atoms. The monoisotopic (exact) mass is 113 g/mol. The fourth-order valence-corrected chi connectivity index (χ4v) is 0.243. The second-order valence-corrected chi connectivity index (χ2v) is 1.31. The van der Waals surface area contributed by atoms with Crippen molar-refractivity contribution in [2.24, 2.45) is 0 Å². The molecule has 0 unspecified atom stereocenters. The molecule has 0 amide bonds. The van der Waals surface area contributed by atoms with Crippen LogP contribution in [-0.4, -0.2) is 19.2 Å². The molecule has 0 rings (SSSR count). The lowest BCUT2D eigenvalue weighted by Crippen LogP contribution is -2.06. The zero-order valence-electron chi connectivity index (χ0n) is 5.29. The number of rotatable bonds is 3. The van der Waals surface area contributed by atoms with Crippen LogP contribution in [0.5, 0.6) is 0 Å². The van der Waals surface area contributed by atoms with Gasteiger partial charge in [0.2, 0.25) is 0 Å². The smallest absolute Gasteiger partial charge is 0.0638 e. The van der Waals surface area contributed by atoms with Gasteiger partial charge in [0.25, 0.3) is 0 Å². The maximum atomic E-state index is 4.75. The summed E-state index contributed by atoms with van der Waals surface area (Å²) < 4.78 is 0. The first-order valence-corrected chi connectivity index (χ1v) is 2.37. The topological polar surface area (TPSA) is 12.5 Å². The highest BCUT2D eigenvalue weighted by Crippen LogP contribution is 1.81. The van der Waals surface area contributed by atoms with Crippen LogP contribution in [0.3, 0.4) is 0 Å². The molecule has 46 valence electrons. The highest BCUT2D eigenvalue weighted by atomic mass is 16.7. The van der Waals surface area contributed by atoms with Gasteiger partial charge < -0.3 is 0 Å². The van der Waals surface area contributed by atoms with E-state index in [1.54, 1.807) is 37.6 Å². The summed E-state index contributed by atoms with van der Waals surface area (Å²) in [4.78, 5) is 4.75. The molecule has 0 spiro atoms. The third kappa shape index (κ3) is 3.43. The Balaban J connectivity index is 3.35. The number of hydrogen-bond donors (Lipinski definition) is 0. The van der Waals surface area contributed by atoms with Gasteiger partial charge in [0.1, 0.15) is 0 Å². The molecule has 0 radical (unpaired) electrons. The zero-order chi connectivity index (χ0) is 6.41. The van der Waals surface area contributed by atoms with Crippen LogP contribution in [0.4, 0.5) is 0 Å². The van der Waals surface area contributed by atoms with Gasteiger partial charge in [-0.3, -0.25) is 9.90 Å². The minimum atomic E-state index is 1.58. The summed E-state index contributed by atoms with van der Waals surface area (Å²) in [6.07, 6.45) is 5.26. The van der Waals surface area contributed by atoms with E-state index in [2.05, 4.69) is 6.58 Å². The molecule has 0 aromatic heterocycles. The van der Waals surface area contributed by atoms with E-state index in [0.717, 1.165) is 0 Å².